The molecule has 6 nitrogen and oxygen atoms in total. The first-order valence-corrected chi connectivity index (χ1v) is 9.91. The number of halogens is 1. The average molecular weight is 434 g/mol. The Bertz CT molecular complexity index is 1200. The summed E-state index contributed by atoms with van der Waals surface area (Å²) >= 11 is 6.08. The van der Waals surface area contributed by atoms with Crippen molar-refractivity contribution in [3.05, 3.63) is 89.6 Å². The van der Waals surface area contributed by atoms with Gasteiger partial charge in [0.2, 0.25) is 0 Å². The molecule has 0 saturated heterocycles. The van der Waals surface area contributed by atoms with Crippen LogP contribution < -0.4 is 14.8 Å². The van der Waals surface area contributed by atoms with Gasteiger partial charge in [0.05, 0.1) is 31.3 Å². The van der Waals surface area contributed by atoms with Crippen LogP contribution >= 0.6 is 11.6 Å². The number of nitrogens with zero attached hydrogens (tertiary/aromatic N) is 2. The van der Waals surface area contributed by atoms with Crippen LogP contribution in [0.5, 0.6) is 11.5 Å². The van der Waals surface area contributed by atoms with Gasteiger partial charge in [-0.2, -0.15) is 5.10 Å². The standard InChI is InChI=1S/C24H20ClN3O3/c1-30-19-11-8-16(9-12-19)22-15-21(27-28(22)18-6-4-3-5-7-18)24(29)26-20-14-17(25)10-13-23(20)31-2/h3-15H,1-2H3,(H,26,29). The summed E-state index contributed by atoms with van der Waals surface area (Å²) < 4.78 is 12.3. The second-order valence-electron chi connectivity index (χ2n) is 6.69. The van der Waals surface area contributed by atoms with E-state index in [-0.39, 0.29) is 11.6 Å². The van der Waals surface area contributed by atoms with Crippen LogP contribution in [0.2, 0.25) is 5.02 Å². The van der Waals surface area contributed by atoms with Gasteiger partial charge in [-0.1, -0.05) is 29.8 Å². The number of carbonyl (C=O) groups excluding carboxylic acids is 1. The maximum absolute atomic E-state index is 13.0. The number of carbonyl (C=O) groups is 1. The van der Waals surface area contributed by atoms with Gasteiger partial charge < -0.3 is 14.8 Å². The lowest BCUT2D eigenvalue weighted by Crippen LogP contribution is -2.14. The molecule has 4 aromatic rings. The van der Waals surface area contributed by atoms with Crippen LogP contribution in [0.4, 0.5) is 5.69 Å². The van der Waals surface area contributed by atoms with E-state index in [1.54, 1.807) is 36.1 Å². The molecule has 1 amide bonds. The van der Waals surface area contributed by atoms with Crippen molar-refractivity contribution in [3.63, 3.8) is 0 Å². The predicted molar refractivity (Wildman–Crippen MR) is 122 cm³/mol. The highest BCUT2D eigenvalue weighted by Gasteiger charge is 2.18. The van der Waals surface area contributed by atoms with Crippen LogP contribution in [-0.4, -0.2) is 29.9 Å². The lowest BCUT2D eigenvalue weighted by atomic mass is 10.1. The maximum Gasteiger partial charge on any atom is 0.276 e. The van der Waals surface area contributed by atoms with E-state index in [0.717, 1.165) is 22.7 Å². The first kappa shape index (κ1) is 20.5. The molecular weight excluding hydrogens is 414 g/mol. The van der Waals surface area contributed by atoms with Gasteiger partial charge in [0, 0.05) is 10.6 Å². The summed E-state index contributed by atoms with van der Waals surface area (Å²) in [6, 6.07) is 24.0. The summed E-state index contributed by atoms with van der Waals surface area (Å²) in [5, 5.41) is 7.90. The zero-order valence-electron chi connectivity index (χ0n) is 17.0. The summed E-state index contributed by atoms with van der Waals surface area (Å²) in [7, 11) is 3.15. The van der Waals surface area contributed by atoms with Crippen molar-refractivity contribution in [3.8, 4) is 28.4 Å². The van der Waals surface area contributed by atoms with Gasteiger partial charge in [0.1, 0.15) is 11.5 Å². The molecular formula is C24H20ClN3O3. The van der Waals surface area contributed by atoms with Gasteiger partial charge in [0.15, 0.2) is 5.69 Å². The van der Waals surface area contributed by atoms with E-state index in [0.29, 0.717) is 16.5 Å². The van der Waals surface area contributed by atoms with Gasteiger partial charge in [-0.3, -0.25) is 4.79 Å². The summed E-state index contributed by atoms with van der Waals surface area (Å²) in [5.41, 5.74) is 3.25. The molecule has 1 N–H and O–H groups in total. The highest BCUT2D eigenvalue weighted by Crippen LogP contribution is 2.29. The molecule has 156 valence electrons. The van der Waals surface area contributed by atoms with Gasteiger partial charge in [-0.15, -0.1) is 0 Å². The van der Waals surface area contributed by atoms with Crippen LogP contribution in [0, 0.1) is 0 Å². The van der Waals surface area contributed by atoms with Crippen LogP contribution in [0.1, 0.15) is 10.5 Å². The van der Waals surface area contributed by atoms with E-state index in [1.165, 1.54) is 7.11 Å². The van der Waals surface area contributed by atoms with Crippen LogP contribution in [0.25, 0.3) is 16.9 Å². The minimum Gasteiger partial charge on any atom is -0.497 e. The molecule has 0 radical (unpaired) electrons. The zero-order chi connectivity index (χ0) is 21.8. The largest absolute Gasteiger partial charge is 0.497 e. The number of aromatic nitrogens is 2. The Morgan fingerprint density at radius 2 is 1.68 bits per heavy atom. The Morgan fingerprint density at radius 1 is 0.935 bits per heavy atom. The summed E-state index contributed by atoms with van der Waals surface area (Å²) in [4.78, 5) is 13.0. The van der Waals surface area contributed by atoms with Gasteiger partial charge in [0.25, 0.3) is 5.91 Å². The van der Waals surface area contributed by atoms with E-state index < -0.39 is 0 Å². The van der Waals surface area contributed by atoms with Gasteiger partial charge in [-0.05, 0) is 60.7 Å². The number of benzene rings is 3. The van der Waals surface area contributed by atoms with Crippen molar-refractivity contribution in [2.75, 3.05) is 19.5 Å². The Morgan fingerprint density at radius 3 is 2.35 bits per heavy atom. The fraction of sp³-hybridized carbons (Fsp3) is 0.0833. The number of hydrogen-bond donors (Lipinski definition) is 1. The number of para-hydroxylation sites is 1. The quantitative estimate of drug-likeness (QED) is 0.438. The molecule has 7 heteroatoms. The Kier molecular flexibility index (Phi) is 5.91. The van der Waals surface area contributed by atoms with Gasteiger partial charge >= 0.3 is 0 Å². The lowest BCUT2D eigenvalue weighted by molar-refractivity contribution is 0.102. The molecule has 0 bridgehead atoms. The second-order valence-corrected chi connectivity index (χ2v) is 7.13. The number of hydrogen-bond acceptors (Lipinski definition) is 4. The van der Waals surface area contributed by atoms with Crippen molar-refractivity contribution in [2.45, 2.75) is 0 Å². The summed E-state index contributed by atoms with van der Waals surface area (Å²) in [6.07, 6.45) is 0. The highest BCUT2D eigenvalue weighted by molar-refractivity contribution is 6.31. The Hall–Kier alpha value is -3.77. The molecule has 0 saturated carbocycles. The molecule has 0 aliphatic carbocycles. The van der Waals surface area contributed by atoms with E-state index >= 15 is 0 Å². The smallest absolute Gasteiger partial charge is 0.276 e. The van der Waals surface area contributed by atoms with Crippen molar-refractivity contribution in [1.82, 2.24) is 9.78 Å². The van der Waals surface area contributed by atoms with Crippen molar-refractivity contribution in [2.24, 2.45) is 0 Å². The molecule has 0 spiro atoms. The normalized spacial score (nSPS) is 10.5. The molecule has 3 aromatic carbocycles. The van der Waals surface area contributed by atoms with Crippen LogP contribution in [0.3, 0.4) is 0 Å². The number of rotatable bonds is 6. The molecule has 1 heterocycles. The van der Waals surface area contributed by atoms with E-state index in [9.17, 15) is 4.79 Å². The predicted octanol–water partition coefficient (Wildman–Crippen LogP) is 5.46. The molecule has 1 aromatic heterocycles. The molecule has 0 fully saturated rings. The fourth-order valence-electron chi connectivity index (χ4n) is 3.19. The van der Waals surface area contributed by atoms with E-state index in [1.807, 2.05) is 54.6 Å². The fourth-order valence-corrected chi connectivity index (χ4v) is 3.36. The Balaban J connectivity index is 1.74. The van der Waals surface area contributed by atoms with Crippen molar-refractivity contribution >= 4 is 23.2 Å². The van der Waals surface area contributed by atoms with E-state index in [2.05, 4.69) is 10.4 Å². The monoisotopic (exact) mass is 433 g/mol. The third-order valence-corrected chi connectivity index (χ3v) is 4.97. The maximum atomic E-state index is 13.0. The van der Waals surface area contributed by atoms with Crippen LogP contribution in [0.15, 0.2) is 78.9 Å². The molecule has 4 rings (SSSR count). The number of ether oxygens (including phenoxy) is 2. The summed E-state index contributed by atoms with van der Waals surface area (Å²) in [6.45, 7) is 0. The minimum atomic E-state index is -0.370. The number of amides is 1. The highest BCUT2D eigenvalue weighted by atomic mass is 35.5. The number of methoxy groups -OCH3 is 2. The first-order chi connectivity index (χ1) is 15.1. The minimum absolute atomic E-state index is 0.261. The topological polar surface area (TPSA) is 65.4 Å². The number of anilines is 1. The molecule has 0 aliphatic heterocycles. The number of nitrogens with one attached hydrogen (secondary N) is 1. The first-order valence-electron chi connectivity index (χ1n) is 9.54. The van der Waals surface area contributed by atoms with Crippen LogP contribution in [-0.2, 0) is 0 Å². The zero-order valence-corrected chi connectivity index (χ0v) is 17.8. The van der Waals surface area contributed by atoms with Gasteiger partial charge in [-0.25, -0.2) is 4.68 Å². The molecule has 0 unspecified atom stereocenters. The van der Waals surface area contributed by atoms with E-state index in [4.69, 9.17) is 21.1 Å². The third kappa shape index (κ3) is 4.39. The van der Waals surface area contributed by atoms with Crippen molar-refractivity contribution < 1.29 is 14.3 Å². The van der Waals surface area contributed by atoms with Crippen molar-refractivity contribution in [1.29, 1.82) is 0 Å². The third-order valence-electron chi connectivity index (χ3n) is 4.74. The molecule has 0 aliphatic rings. The average Bonchev–Trinajstić information content (AvgIpc) is 3.26. The molecule has 31 heavy (non-hydrogen) atoms. The SMILES string of the molecule is COc1ccc(-c2cc(C(=O)Nc3cc(Cl)ccc3OC)nn2-c2ccccc2)cc1. The molecule has 0 atom stereocenters. The Labute approximate surface area is 185 Å². The summed E-state index contributed by atoms with van der Waals surface area (Å²) in [5.74, 6) is 0.890. The second kappa shape index (κ2) is 8.93. The lowest BCUT2D eigenvalue weighted by Gasteiger charge is -2.09.